The molecule has 3 heteroatoms. The molecule has 0 aliphatic rings. The molecule has 2 aromatic rings. The molecular weight excluding hydrogens is 256 g/mol. The maximum Gasteiger partial charge on any atom is 0.126 e. The van der Waals surface area contributed by atoms with E-state index in [1.54, 1.807) is 0 Å². The molecule has 0 bridgehead atoms. The van der Waals surface area contributed by atoms with Crippen LogP contribution in [0.3, 0.4) is 0 Å². The largest absolute Gasteiger partial charge is 0.207 e. The normalized spacial score (nSPS) is 11.9. The fourth-order valence-corrected chi connectivity index (χ4v) is 2.18. The van der Waals surface area contributed by atoms with Gasteiger partial charge in [-0.05, 0) is 54.7 Å². The number of benzene rings is 2. The minimum absolute atomic E-state index is 0.378. The molecule has 0 fully saturated rings. The van der Waals surface area contributed by atoms with Gasteiger partial charge in [-0.3, -0.25) is 0 Å². The van der Waals surface area contributed by atoms with Gasteiger partial charge in [-0.25, -0.2) is 8.78 Å². The monoisotopic (exact) mass is 271 g/mol. The fraction of sp³-hybridized carbons (Fsp3) is 0.235. The lowest BCUT2D eigenvalue weighted by molar-refractivity contribution is 0.577. The van der Waals surface area contributed by atoms with Crippen molar-refractivity contribution < 1.29 is 8.78 Å². The first-order valence-electron chi connectivity index (χ1n) is 6.41. The fourth-order valence-electron chi connectivity index (χ4n) is 2.18. The molecule has 0 saturated carbocycles. The van der Waals surface area contributed by atoms with Gasteiger partial charge in [-0.1, -0.05) is 18.2 Å². The number of aryl methyl sites for hydroxylation is 2. The van der Waals surface area contributed by atoms with E-state index in [0.717, 1.165) is 17.2 Å². The highest BCUT2D eigenvalue weighted by Gasteiger charge is 2.14. The van der Waals surface area contributed by atoms with Gasteiger partial charge < -0.3 is 0 Å². The van der Waals surface area contributed by atoms with Gasteiger partial charge in [0, 0.05) is 6.07 Å². The molecular formula is C17H15F2N. The Balaban J connectivity index is 2.29. The van der Waals surface area contributed by atoms with Crippen molar-refractivity contribution in [2.45, 2.75) is 26.2 Å². The number of halogens is 2. The Labute approximate surface area is 117 Å². The van der Waals surface area contributed by atoms with Gasteiger partial charge in [-0.2, -0.15) is 5.26 Å². The van der Waals surface area contributed by atoms with Gasteiger partial charge in [-0.15, -0.1) is 0 Å². The van der Waals surface area contributed by atoms with E-state index in [4.69, 9.17) is 0 Å². The molecule has 20 heavy (non-hydrogen) atoms. The van der Waals surface area contributed by atoms with Crippen LogP contribution in [0.1, 0.15) is 28.2 Å². The lowest BCUT2D eigenvalue weighted by Crippen LogP contribution is -2.02. The van der Waals surface area contributed by atoms with Crippen LogP contribution in [0.2, 0.25) is 0 Å². The van der Waals surface area contributed by atoms with Crippen LogP contribution in [0.25, 0.3) is 0 Å². The summed E-state index contributed by atoms with van der Waals surface area (Å²) in [5, 5.41) is 9.25. The SMILES string of the molecule is Cc1ccc(CC(C#N)c2cc(F)cc(F)c2)cc1C. The molecule has 0 amide bonds. The summed E-state index contributed by atoms with van der Waals surface area (Å²) in [6.45, 7) is 4.02. The Kier molecular flexibility index (Phi) is 4.14. The zero-order chi connectivity index (χ0) is 14.7. The van der Waals surface area contributed by atoms with Gasteiger partial charge in [0.1, 0.15) is 11.6 Å². The summed E-state index contributed by atoms with van der Waals surface area (Å²) in [6, 6.07) is 11.3. The quantitative estimate of drug-likeness (QED) is 0.810. The first-order chi connectivity index (χ1) is 9.49. The molecule has 1 nitrogen and oxygen atoms in total. The summed E-state index contributed by atoms with van der Waals surface area (Å²) >= 11 is 0. The number of nitriles is 1. The zero-order valence-electron chi connectivity index (χ0n) is 11.5. The van der Waals surface area contributed by atoms with Gasteiger partial charge in [0.2, 0.25) is 0 Å². The Morgan fingerprint density at radius 3 is 2.20 bits per heavy atom. The smallest absolute Gasteiger partial charge is 0.126 e. The Hall–Kier alpha value is -2.21. The van der Waals surface area contributed by atoms with Crippen LogP contribution in [0, 0.1) is 36.8 Å². The van der Waals surface area contributed by atoms with E-state index in [2.05, 4.69) is 6.07 Å². The maximum atomic E-state index is 13.2. The lowest BCUT2D eigenvalue weighted by Gasteiger charge is -2.11. The van der Waals surface area contributed by atoms with Crippen molar-refractivity contribution in [3.05, 3.63) is 70.3 Å². The minimum Gasteiger partial charge on any atom is -0.207 e. The Bertz CT molecular complexity index is 651. The van der Waals surface area contributed by atoms with Gasteiger partial charge >= 0.3 is 0 Å². The summed E-state index contributed by atoms with van der Waals surface area (Å²) in [5.74, 6) is -1.86. The van der Waals surface area contributed by atoms with E-state index in [-0.39, 0.29) is 0 Å². The zero-order valence-corrected chi connectivity index (χ0v) is 11.5. The molecule has 0 aliphatic heterocycles. The van der Waals surface area contributed by atoms with Crippen molar-refractivity contribution in [1.29, 1.82) is 5.26 Å². The van der Waals surface area contributed by atoms with Crippen LogP contribution in [-0.4, -0.2) is 0 Å². The topological polar surface area (TPSA) is 23.8 Å². The summed E-state index contributed by atoms with van der Waals surface area (Å²) < 4.78 is 26.5. The van der Waals surface area contributed by atoms with Crippen LogP contribution in [0.4, 0.5) is 8.78 Å². The lowest BCUT2D eigenvalue weighted by atomic mass is 9.92. The highest BCUT2D eigenvalue weighted by atomic mass is 19.1. The molecule has 1 unspecified atom stereocenters. The second-order valence-electron chi connectivity index (χ2n) is 5.01. The molecule has 0 N–H and O–H groups in total. The van der Waals surface area contributed by atoms with Crippen LogP contribution < -0.4 is 0 Å². The Morgan fingerprint density at radius 1 is 1.00 bits per heavy atom. The molecule has 2 rings (SSSR count). The first-order valence-corrected chi connectivity index (χ1v) is 6.41. The van der Waals surface area contributed by atoms with Gasteiger partial charge in [0.15, 0.2) is 0 Å². The molecule has 0 aromatic heterocycles. The number of nitrogens with zero attached hydrogens (tertiary/aromatic N) is 1. The average Bonchev–Trinajstić information content (AvgIpc) is 2.38. The van der Waals surface area contributed by atoms with Crippen molar-refractivity contribution in [1.82, 2.24) is 0 Å². The molecule has 2 aromatic carbocycles. The second-order valence-corrected chi connectivity index (χ2v) is 5.01. The number of hydrogen-bond acceptors (Lipinski definition) is 1. The third kappa shape index (κ3) is 3.21. The van der Waals surface area contributed by atoms with E-state index in [1.165, 1.54) is 17.7 Å². The highest BCUT2D eigenvalue weighted by Crippen LogP contribution is 2.23. The molecule has 102 valence electrons. The van der Waals surface area contributed by atoms with Crippen LogP contribution >= 0.6 is 0 Å². The maximum absolute atomic E-state index is 13.2. The molecule has 0 radical (unpaired) electrons. The third-order valence-corrected chi connectivity index (χ3v) is 3.45. The van der Waals surface area contributed by atoms with Crippen molar-refractivity contribution in [3.63, 3.8) is 0 Å². The Morgan fingerprint density at radius 2 is 1.65 bits per heavy atom. The van der Waals surface area contributed by atoms with E-state index in [1.807, 2.05) is 32.0 Å². The number of hydrogen-bond donors (Lipinski definition) is 0. The molecule has 0 heterocycles. The predicted molar refractivity (Wildman–Crippen MR) is 74.3 cm³/mol. The highest BCUT2D eigenvalue weighted by molar-refractivity contribution is 5.34. The van der Waals surface area contributed by atoms with Crippen LogP contribution in [0.15, 0.2) is 36.4 Å². The standard InChI is InChI=1S/C17H15F2N/c1-11-3-4-13(5-12(11)2)6-15(10-20)14-7-16(18)9-17(19)8-14/h3-5,7-9,15H,6H2,1-2H3. The third-order valence-electron chi connectivity index (χ3n) is 3.45. The van der Waals surface area contributed by atoms with E-state index in [0.29, 0.717) is 12.0 Å². The summed E-state index contributed by atoms with van der Waals surface area (Å²) in [4.78, 5) is 0. The van der Waals surface area contributed by atoms with Gasteiger partial charge in [0.25, 0.3) is 0 Å². The van der Waals surface area contributed by atoms with Crippen LogP contribution in [0.5, 0.6) is 0 Å². The summed E-state index contributed by atoms with van der Waals surface area (Å²) in [6.07, 6.45) is 0.445. The minimum atomic E-state index is -0.652. The van der Waals surface area contributed by atoms with Gasteiger partial charge in [0.05, 0.1) is 12.0 Å². The summed E-state index contributed by atoms with van der Waals surface area (Å²) in [7, 11) is 0. The average molecular weight is 271 g/mol. The van der Waals surface area contributed by atoms with Crippen molar-refractivity contribution >= 4 is 0 Å². The predicted octanol–water partition coefficient (Wildman–Crippen LogP) is 4.43. The van der Waals surface area contributed by atoms with Crippen molar-refractivity contribution in [3.8, 4) is 6.07 Å². The van der Waals surface area contributed by atoms with Crippen LogP contribution in [-0.2, 0) is 6.42 Å². The van der Waals surface area contributed by atoms with Crippen molar-refractivity contribution in [2.24, 2.45) is 0 Å². The summed E-state index contributed by atoms with van der Waals surface area (Å²) in [5.41, 5.74) is 3.69. The van der Waals surface area contributed by atoms with E-state index < -0.39 is 17.6 Å². The molecule has 0 spiro atoms. The first kappa shape index (κ1) is 14.2. The van der Waals surface area contributed by atoms with E-state index in [9.17, 15) is 14.0 Å². The van der Waals surface area contributed by atoms with Crippen molar-refractivity contribution in [2.75, 3.05) is 0 Å². The number of rotatable bonds is 3. The van der Waals surface area contributed by atoms with E-state index >= 15 is 0 Å². The second kappa shape index (κ2) is 5.83. The molecule has 0 saturated heterocycles. The molecule has 0 aliphatic carbocycles. The molecule has 1 atom stereocenters.